The molecule has 1 saturated heterocycles. The van der Waals surface area contributed by atoms with Crippen LogP contribution in [0.4, 0.5) is 8.78 Å². The molecule has 0 bridgehead atoms. The smallest absolute Gasteiger partial charge is 0.260 e. The van der Waals surface area contributed by atoms with Gasteiger partial charge in [-0.05, 0) is 25.4 Å². The van der Waals surface area contributed by atoms with Gasteiger partial charge in [-0.25, -0.2) is 8.78 Å². The van der Waals surface area contributed by atoms with Gasteiger partial charge < -0.3 is 5.73 Å². The van der Waals surface area contributed by atoms with E-state index >= 15 is 0 Å². The number of likely N-dealkylation sites (tertiary alicyclic amines) is 1. The highest BCUT2D eigenvalue weighted by Crippen LogP contribution is 2.26. The van der Waals surface area contributed by atoms with E-state index in [1.807, 2.05) is 11.8 Å². The summed E-state index contributed by atoms with van der Waals surface area (Å²) in [6.07, 6.45) is 0.644. The Bertz CT molecular complexity index is 162. The first-order valence-corrected chi connectivity index (χ1v) is 4.84. The molecule has 0 amide bonds. The molecule has 4 heteroatoms. The number of piperidine rings is 1. The maximum absolute atomic E-state index is 12.9. The molecule has 13 heavy (non-hydrogen) atoms. The van der Waals surface area contributed by atoms with Crippen LogP contribution < -0.4 is 5.73 Å². The summed E-state index contributed by atoms with van der Waals surface area (Å²) in [7, 11) is 0. The summed E-state index contributed by atoms with van der Waals surface area (Å²) < 4.78 is 25.9. The van der Waals surface area contributed by atoms with Gasteiger partial charge in [0.2, 0.25) is 0 Å². The van der Waals surface area contributed by atoms with E-state index in [1.165, 1.54) is 0 Å². The number of nitrogens with two attached hydrogens (primary N) is 1. The average molecular weight is 192 g/mol. The van der Waals surface area contributed by atoms with Crippen LogP contribution in [0.1, 0.15) is 19.8 Å². The van der Waals surface area contributed by atoms with Crippen LogP contribution in [-0.4, -0.2) is 37.0 Å². The molecule has 1 unspecified atom stereocenters. The summed E-state index contributed by atoms with van der Waals surface area (Å²) in [5, 5.41) is 0. The molecule has 1 aliphatic heterocycles. The Balaban J connectivity index is 2.34. The van der Waals surface area contributed by atoms with Gasteiger partial charge >= 0.3 is 0 Å². The van der Waals surface area contributed by atoms with Crippen molar-refractivity contribution in [3.05, 3.63) is 0 Å². The molecule has 0 aromatic rings. The second kappa shape index (κ2) is 4.33. The number of nitrogens with zero attached hydrogens (tertiary/aromatic N) is 1. The van der Waals surface area contributed by atoms with Crippen LogP contribution in [0.2, 0.25) is 0 Å². The molecule has 0 spiro atoms. The topological polar surface area (TPSA) is 29.3 Å². The highest BCUT2D eigenvalue weighted by atomic mass is 19.3. The molecular weight excluding hydrogens is 174 g/mol. The number of hydrogen-bond donors (Lipinski definition) is 1. The van der Waals surface area contributed by atoms with Gasteiger partial charge in [-0.15, -0.1) is 0 Å². The summed E-state index contributed by atoms with van der Waals surface area (Å²) in [5.41, 5.74) is 5.44. The SMILES string of the molecule is CC(CN)CN1CCCC(F)(F)C1. The molecule has 2 nitrogen and oxygen atoms in total. The second-order valence-electron chi connectivity index (χ2n) is 4.04. The molecule has 78 valence electrons. The van der Waals surface area contributed by atoms with E-state index in [9.17, 15) is 8.78 Å². The highest BCUT2D eigenvalue weighted by molar-refractivity contribution is 4.79. The first-order chi connectivity index (χ1) is 6.03. The first-order valence-electron chi connectivity index (χ1n) is 4.84. The zero-order valence-corrected chi connectivity index (χ0v) is 8.10. The van der Waals surface area contributed by atoms with Crippen LogP contribution in [-0.2, 0) is 0 Å². The van der Waals surface area contributed by atoms with Gasteiger partial charge in [-0.3, -0.25) is 4.90 Å². The van der Waals surface area contributed by atoms with Crippen LogP contribution in [0, 0.1) is 5.92 Å². The molecule has 1 rings (SSSR count). The molecule has 1 atom stereocenters. The van der Waals surface area contributed by atoms with Crippen molar-refractivity contribution in [2.24, 2.45) is 11.7 Å². The molecule has 0 radical (unpaired) electrons. The van der Waals surface area contributed by atoms with Gasteiger partial charge in [0.25, 0.3) is 5.92 Å². The lowest BCUT2D eigenvalue weighted by atomic mass is 10.1. The van der Waals surface area contributed by atoms with Crippen molar-refractivity contribution in [2.75, 3.05) is 26.2 Å². The van der Waals surface area contributed by atoms with E-state index in [0.29, 0.717) is 25.4 Å². The lowest BCUT2D eigenvalue weighted by Crippen LogP contribution is -2.45. The van der Waals surface area contributed by atoms with Gasteiger partial charge in [-0.2, -0.15) is 0 Å². The van der Waals surface area contributed by atoms with Gasteiger partial charge in [0, 0.05) is 13.0 Å². The maximum atomic E-state index is 12.9. The zero-order valence-electron chi connectivity index (χ0n) is 8.10. The normalized spacial score (nSPS) is 25.8. The van der Waals surface area contributed by atoms with Crippen molar-refractivity contribution in [3.63, 3.8) is 0 Å². The van der Waals surface area contributed by atoms with Gasteiger partial charge in [-0.1, -0.05) is 6.92 Å². The molecule has 0 aromatic heterocycles. The molecule has 1 aliphatic rings. The third-order valence-electron chi connectivity index (χ3n) is 2.44. The van der Waals surface area contributed by atoms with Crippen molar-refractivity contribution in [3.8, 4) is 0 Å². The van der Waals surface area contributed by atoms with Crippen LogP contribution in [0.15, 0.2) is 0 Å². The minimum atomic E-state index is -2.48. The van der Waals surface area contributed by atoms with Crippen LogP contribution >= 0.6 is 0 Å². The van der Waals surface area contributed by atoms with Crippen LogP contribution in [0.25, 0.3) is 0 Å². The van der Waals surface area contributed by atoms with Crippen LogP contribution in [0.3, 0.4) is 0 Å². The van der Waals surface area contributed by atoms with E-state index in [2.05, 4.69) is 0 Å². The van der Waals surface area contributed by atoms with Crippen LogP contribution in [0.5, 0.6) is 0 Å². The fourth-order valence-corrected chi connectivity index (χ4v) is 1.72. The Morgan fingerprint density at radius 2 is 2.23 bits per heavy atom. The molecule has 1 fully saturated rings. The average Bonchev–Trinajstić information content (AvgIpc) is 2.02. The minimum absolute atomic E-state index is 0.0422. The van der Waals surface area contributed by atoms with Gasteiger partial charge in [0.15, 0.2) is 0 Å². The van der Waals surface area contributed by atoms with Gasteiger partial charge in [0.1, 0.15) is 0 Å². The van der Waals surface area contributed by atoms with E-state index < -0.39 is 5.92 Å². The summed E-state index contributed by atoms with van der Waals surface area (Å²) in [6, 6.07) is 0. The molecule has 0 saturated carbocycles. The van der Waals surface area contributed by atoms with E-state index in [0.717, 1.165) is 6.54 Å². The molecule has 1 heterocycles. The monoisotopic (exact) mass is 192 g/mol. The Hall–Kier alpha value is -0.220. The third-order valence-corrected chi connectivity index (χ3v) is 2.44. The van der Waals surface area contributed by atoms with Crippen molar-refractivity contribution in [1.29, 1.82) is 0 Å². The van der Waals surface area contributed by atoms with Crippen molar-refractivity contribution >= 4 is 0 Å². The molecule has 0 aromatic carbocycles. The zero-order chi connectivity index (χ0) is 9.90. The lowest BCUT2D eigenvalue weighted by Gasteiger charge is -2.33. The standard InChI is InChI=1S/C9H18F2N2/c1-8(5-12)6-13-4-2-3-9(10,11)7-13/h8H,2-7,12H2,1H3. The predicted molar refractivity (Wildman–Crippen MR) is 48.8 cm³/mol. The largest absolute Gasteiger partial charge is 0.330 e. The molecule has 2 N–H and O–H groups in total. The van der Waals surface area contributed by atoms with Crippen molar-refractivity contribution in [2.45, 2.75) is 25.7 Å². The summed E-state index contributed by atoms with van der Waals surface area (Å²) in [4.78, 5) is 1.82. The Labute approximate surface area is 78.1 Å². The maximum Gasteiger partial charge on any atom is 0.260 e. The number of halogens is 2. The Morgan fingerprint density at radius 3 is 2.77 bits per heavy atom. The number of alkyl halides is 2. The Morgan fingerprint density at radius 1 is 1.54 bits per heavy atom. The van der Waals surface area contributed by atoms with Crippen molar-refractivity contribution in [1.82, 2.24) is 4.90 Å². The summed E-state index contributed by atoms with van der Waals surface area (Å²) in [6.45, 7) is 3.97. The fourth-order valence-electron chi connectivity index (χ4n) is 1.72. The number of rotatable bonds is 3. The van der Waals surface area contributed by atoms with Crippen molar-refractivity contribution < 1.29 is 8.78 Å². The van der Waals surface area contributed by atoms with Gasteiger partial charge in [0.05, 0.1) is 6.54 Å². The first kappa shape index (κ1) is 10.9. The fraction of sp³-hybridized carbons (Fsp3) is 1.00. The molecule has 0 aliphatic carbocycles. The third kappa shape index (κ3) is 3.56. The lowest BCUT2D eigenvalue weighted by molar-refractivity contribution is -0.0662. The second-order valence-corrected chi connectivity index (χ2v) is 4.04. The summed E-state index contributed by atoms with van der Waals surface area (Å²) >= 11 is 0. The Kier molecular flexibility index (Phi) is 3.62. The highest BCUT2D eigenvalue weighted by Gasteiger charge is 2.35. The van der Waals surface area contributed by atoms with E-state index in [1.54, 1.807) is 0 Å². The van der Waals surface area contributed by atoms with E-state index in [-0.39, 0.29) is 13.0 Å². The summed E-state index contributed by atoms with van der Waals surface area (Å²) in [5.74, 6) is -2.17. The number of hydrogen-bond acceptors (Lipinski definition) is 2. The van der Waals surface area contributed by atoms with E-state index in [4.69, 9.17) is 5.73 Å². The minimum Gasteiger partial charge on any atom is -0.330 e. The molecular formula is C9H18F2N2. The predicted octanol–water partition coefficient (Wildman–Crippen LogP) is 1.31. The quantitative estimate of drug-likeness (QED) is 0.730.